The van der Waals surface area contributed by atoms with Crippen LogP contribution in [0.25, 0.3) is 5.69 Å². The summed E-state index contributed by atoms with van der Waals surface area (Å²) < 4.78 is 1.54. The molecule has 0 radical (unpaired) electrons. The molecule has 9 heteroatoms. The molecular weight excluding hydrogens is 454 g/mol. The monoisotopic (exact) mass is 479 g/mol. The number of amides is 3. The number of anilines is 2. The van der Waals surface area contributed by atoms with Gasteiger partial charge in [-0.2, -0.15) is 5.10 Å². The first kappa shape index (κ1) is 23.5. The molecule has 1 atom stereocenters. The van der Waals surface area contributed by atoms with Crippen molar-refractivity contribution in [2.45, 2.75) is 20.3 Å². The van der Waals surface area contributed by atoms with E-state index in [-0.39, 0.29) is 30.7 Å². The maximum absolute atomic E-state index is 13.3. The fourth-order valence-corrected chi connectivity index (χ4v) is 4.17. The number of hydrogen-bond donors (Lipinski definition) is 1. The van der Waals surface area contributed by atoms with Crippen molar-refractivity contribution in [2.75, 3.05) is 29.9 Å². The van der Waals surface area contributed by atoms with Crippen LogP contribution in [0.1, 0.15) is 30.6 Å². The third-order valence-corrected chi connectivity index (χ3v) is 6.18. The van der Waals surface area contributed by atoms with E-state index in [1.807, 2.05) is 44.2 Å². The molecule has 2 heterocycles. The van der Waals surface area contributed by atoms with Crippen LogP contribution in [0.15, 0.2) is 60.8 Å². The zero-order valence-corrected chi connectivity index (χ0v) is 19.8. The molecule has 4 rings (SSSR count). The number of halogens is 1. The number of rotatable bonds is 7. The van der Waals surface area contributed by atoms with Gasteiger partial charge in [0.2, 0.25) is 11.8 Å². The van der Waals surface area contributed by atoms with Gasteiger partial charge in [-0.05, 0) is 50.2 Å². The average Bonchev–Trinajstić information content (AvgIpc) is 3.44. The van der Waals surface area contributed by atoms with E-state index in [4.69, 9.17) is 11.6 Å². The van der Waals surface area contributed by atoms with Gasteiger partial charge in [0.05, 0.1) is 17.8 Å². The van der Waals surface area contributed by atoms with E-state index < -0.39 is 5.92 Å². The Kier molecular flexibility index (Phi) is 6.98. The van der Waals surface area contributed by atoms with Crippen molar-refractivity contribution in [3.05, 3.63) is 71.4 Å². The molecule has 0 spiro atoms. The summed E-state index contributed by atoms with van der Waals surface area (Å²) in [5.41, 5.74) is 1.71. The van der Waals surface area contributed by atoms with E-state index in [0.717, 1.165) is 0 Å². The van der Waals surface area contributed by atoms with Gasteiger partial charge < -0.3 is 15.1 Å². The van der Waals surface area contributed by atoms with Crippen LogP contribution in [-0.4, -0.2) is 52.0 Å². The molecule has 0 aliphatic carbocycles. The van der Waals surface area contributed by atoms with Gasteiger partial charge in [-0.3, -0.25) is 14.4 Å². The van der Waals surface area contributed by atoms with Crippen molar-refractivity contribution in [1.82, 2.24) is 14.7 Å². The molecular formula is C25H26ClN5O3. The molecule has 8 nitrogen and oxygen atoms in total. The Labute approximate surface area is 203 Å². The van der Waals surface area contributed by atoms with E-state index in [1.54, 1.807) is 38.7 Å². The lowest BCUT2D eigenvalue weighted by Crippen LogP contribution is -2.32. The minimum atomic E-state index is -0.571. The number of carbonyl (C=O) groups excluding carboxylic acids is 3. The topological polar surface area (TPSA) is 87.5 Å². The number of aromatic nitrogens is 2. The second-order valence-corrected chi connectivity index (χ2v) is 8.44. The third kappa shape index (κ3) is 4.68. The van der Waals surface area contributed by atoms with Crippen LogP contribution in [-0.2, 0) is 9.59 Å². The number of para-hydroxylation sites is 1. The van der Waals surface area contributed by atoms with Gasteiger partial charge in [0.15, 0.2) is 0 Å². The molecule has 1 N–H and O–H groups in total. The van der Waals surface area contributed by atoms with Crippen LogP contribution in [0, 0.1) is 5.92 Å². The maximum Gasteiger partial charge on any atom is 0.259 e. The van der Waals surface area contributed by atoms with E-state index in [1.165, 1.54) is 6.20 Å². The first-order valence-electron chi connectivity index (χ1n) is 11.2. The average molecular weight is 480 g/mol. The van der Waals surface area contributed by atoms with Gasteiger partial charge in [0, 0.05) is 36.8 Å². The lowest BCUT2D eigenvalue weighted by Gasteiger charge is -2.20. The summed E-state index contributed by atoms with van der Waals surface area (Å²) in [6, 6.07) is 16.2. The zero-order valence-electron chi connectivity index (χ0n) is 19.1. The van der Waals surface area contributed by atoms with Gasteiger partial charge >= 0.3 is 0 Å². The zero-order chi connectivity index (χ0) is 24.2. The van der Waals surface area contributed by atoms with Crippen LogP contribution in [0.4, 0.5) is 11.5 Å². The molecule has 1 aliphatic heterocycles. The Morgan fingerprint density at radius 2 is 1.74 bits per heavy atom. The SMILES string of the molecule is CCN(CC)C(=O)c1cnn(-c2ccccc2)c1NC(=O)C1CC(=O)N(c2ccc(Cl)cc2)C1. The van der Waals surface area contributed by atoms with Crippen LogP contribution in [0.3, 0.4) is 0 Å². The smallest absolute Gasteiger partial charge is 0.259 e. The predicted octanol–water partition coefficient (Wildman–Crippen LogP) is 4.00. The quantitative estimate of drug-likeness (QED) is 0.555. The lowest BCUT2D eigenvalue weighted by atomic mass is 10.1. The molecule has 1 fully saturated rings. The van der Waals surface area contributed by atoms with Crippen molar-refractivity contribution < 1.29 is 14.4 Å². The van der Waals surface area contributed by atoms with Gasteiger partial charge in [0.25, 0.3) is 5.91 Å². The van der Waals surface area contributed by atoms with E-state index in [2.05, 4.69) is 10.4 Å². The van der Waals surface area contributed by atoms with E-state index in [0.29, 0.717) is 40.9 Å². The molecule has 1 unspecified atom stereocenters. The summed E-state index contributed by atoms with van der Waals surface area (Å²) >= 11 is 5.96. The normalized spacial score (nSPS) is 15.4. The molecule has 1 aliphatic rings. The van der Waals surface area contributed by atoms with Crippen LogP contribution >= 0.6 is 11.6 Å². The fourth-order valence-electron chi connectivity index (χ4n) is 4.04. The first-order valence-corrected chi connectivity index (χ1v) is 11.6. The molecule has 2 aromatic carbocycles. The van der Waals surface area contributed by atoms with Crippen molar-refractivity contribution in [2.24, 2.45) is 5.92 Å². The molecule has 3 aromatic rings. The highest BCUT2D eigenvalue weighted by Gasteiger charge is 2.36. The standard InChI is InChI=1S/C25H26ClN5O3/c1-3-29(4-2)25(34)21-15-27-31(20-8-6-5-7-9-20)23(21)28-24(33)17-14-22(32)30(16-17)19-12-10-18(26)11-13-19/h5-13,15,17H,3-4,14,16H2,1-2H3,(H,28,33). The summed E-state index contributed by atoms with van der Waals surface area (Å²) in [6.45, 7) is 5.11. The highest BCUT2D eigenvalue weighted by molar-refractivity contribution is 6.30. The Hall–Kier alpha value is -3.65. The second-order valence-electron chi connectivity index (χ2n) is 8.00. The molecule has 34 heavy (non-hydrogen) atoms. The summed E-state index contributed by atoms with van der Waals surface area (Å²) in [5, 5.41) is 7.86. The minimum Gasteiger partial charge on any atom is -0.339 e. The summed E-state index contributed by atoms with van der Waals surface area (Å²) in [6.07, 6.45) is 1.55. The first-order chi connectivity index (χ1) is 16.4. The summed E-state index contributed by atoms with van der Waals surface area (Å²) in [4.78, 5) is 42.3. The maximum atomic E-state index is 13.3. The van der Waals surface area contributed by atoms with Gasteiger partial charge in [0.1, 0.15) is 11.4 Å². The van der Waals surface area contributed by atoms with Crippen LogP contribution in [0.5, 0.6) is 0 Å². The highest BCUT2D eigenvalue weighted by atomic mass is 35.5. The number of hydrogen-bond acceptors (Lipinski definition) is 4. The molecule has 0 bridgehead atoms. The Balaban J connectivity index is 1.61. The Morgan fingerprint density at radius 3 is 2.38 bits per heavy atom. The predicted molar refractivity (Wildman–Crippen MR) is 131 cm³/mol. The van der Waals surface area contributed by atoms with Crippen molar-refractivity contribution in [3.63, 3.8) is 0 Å². The molecule has 1 aromatic heterocycles. The van der Waals surface area contributed by atoms with Crippen LogP contribution < -0.4 is 10.2 Å². The number of nitrogens with one attached hydrogen (secondary N) is 1. The summed E-state index contributed by atoms with van der Waals surface area (Å²) in [7, 11) is 0. The Bertz CT molecular complexity index is 1190. The van der Waals surface area contributed by atoms with Crippen molar-refractivity contribution in [1.29, 1.82) is 0 Å². The molecule has 3 amide bonds. The van der Waals surface area contributed by atoms with Crippen molar-refractivity contribution >= 4 is 40.8 Å². The van der Waals surface area contributed by atoms with Crippen LogP contribution in [0.2, 0.25) is 5.02 Å². The number of carbonyl (C=O) groups is 3. The third-order valence-electron chi connectivity index (χ3n) is 5.93. The largest absolute Gasteiger partial charge is 0.339 e. The van der Waals surface area contributed by atoms with E-state index in [9.17, 15) is 14.4 Å². The van der Waals surface area contributed by atoms with Gasteiger partial charge in [-0.25, -0.2) is 4.68 Å². The van der Waals surface area contributed by atoms with Crippen molar-refractivity contribution in [3.8, 4) is 5.69 Å². The van der Waals surface area contributed by atoms with Gasteiger partial charge in [-0.15, -0.1) is 0 Å². The lowest BCUT2D eigenvalue weighted by molar-refractivity contribution is -0.122. The number of benzene rings is 2. The number of nitrogens with zero attached hydrogens (tertiary/aromatic N) is 4. The Morgan fingerprint density at radius 1 is 1.06 bits per heavy atom. The molecule has 0 saturated carbocycles. The van der Waals surface area contributed by atoms with E-state index >= 15 is 0 Å². The fraction of sp³-hybridized carbons (Fsp3) is 0.280. The molecule has 176 valence electrons. The highest BCUT2D eigenvalue weighted by Crippen LogP contribution is 2.28. The second kappa shape index (κ2) is 10.1. The molecule has 1 saturated heterocycles. The van der Waals surface area contributed by atoms with Gasteiger partial charge in [-0.1, -0.05) is 29.8 Å². The minimum absolute atomic E-state index is 0.0766. The summed E-state index contributed by atoms with van der Waals surface area (Å²) in [5.74, 6) is -0.966.